The minimum Gasteiger partial charge on any atom is -0.383 e. The topological polar surface area (TPSA) is 21.3 Å². The Hall–Kier alpha value is 0.210. The van der Waals surface area contributed by atoms with Crippen LogP contribution in [0, 0.1) is 0 Å². The quantitative estimate of drug-likeness (QED) is 0.648. The van der Waals surface area contributed by atoms with Crippen molar-refractivity contribution in [1.29, 1.82) is 0 Å². The first-order chi connectivity index (χ1) is 6.14. The van der Waals surface area contributed by atoms with E-state index in [1.54, 1.807) is 7.11 Å². The molecule has 0 bridgehead atoms. The predicted octanol–water partition coefficient (Wildman–Crippen LogP) is 2.41. The summed E-state index contributed by atoms with van der Waals surface area (Å²) in [6.07, 6.45) is 2.11. The van der Waals surface area contributed by atoms with Gasteiger partial charge in [-0.25, -0.2) is 0 Å². The molecule has 0 aliphatic rings. The van der Waals surface area contributed by atoms with Gasteiger partial charge in [-0.3, -0.25) is 0 Å². The van der Waals surface area contributed by atoms with Crippen LogP contribution >= 0.6 is 11.6 Å². The number of ether oxygens (including phenoxy) is 1. The van der Waals surface area contributed by atoms with Gasteiger partial charge in [-0.2, -0.15) is 0 Å². The van der Waals surface area contributed by atoms with Gasteiger partial charge in [-0.15, -0.1) is 11.6 Å². The summed E-state index contributed by atoms with van der Waals surface area (Å²) in [5.74, 6) is 0.661. The van der Waals surface area contributed by atoms with Crippen molar-refractivity contribution in [3.8, 4) is 0 Å². The third kappa shape index (κ3) is 4.30. The van der Waals surface area contributed by atoms with Crippen LogP contribution in [-0.4, -0.2) is 31.2 Å². The summed E-state index contributed by atoms with van der Waals surface area (Å²) in [4.78, 5) is 0. The van der Waals surface area contributed by atoms with E-state index in [1.807, 2.05) is 0 Å². The van der Waals surface area contributed by atoms with Gasteiger partial charge >= 0.3 is 0 Å². The van der Waals surface area contributed by atoms with E-state index < -0.39 is 0 Å². The first kappa shape index (κ1) is 13.2. The van der Waals surface area contributed by atoms with Gasteiger partial charge in [0.05, 0.1) is 6.61 Å². The van der Waals surface area contributed by atoms with E-state index in [9.17, 15) is 0 Å². The molecule has 0 spiro atoms. The number of hydrogen-bond acceptors (Lipinski definition) is 2. The molecule has 0 aromatic heterocycles. The molecular weight excluding hydrogens is 186 g/mol. The Morgan fingerprint density at radius 2 is 1.92 bits per heavy atom. The van der Waals surface area contributed by atoms with Gasteiger partial charge in [-0.1, -0.05) is 13.8 Å². The van der Waals surface area contributed by atoms with Crippen LogP contribution in [0.3, 0.4) is 0 Å². The van der Waals surface area contributed by atoms with Crippen LogP contribution in [0.15, 0.2) is 0 Å². The average Bonchev–Trinajstić information content (AvgIpc) is 2.15. The maximum atomic E-state index is 5.97. The summed E-state index contributed by atoms with van der Waals surface area (Å²) >= 11 is 5.97. The molecule has 2 nitrogen and oxygen atoms in total. The second-order valence-corrected chi connectivity index (χ2v) is 3.89. The summed E-state index contributed by atoms with van der Waals surface area (Å²) < 4.78 is 5.08. The first-order valence-corrected chi connectivity index (χ1v) is 5.50. The Labute approximate surface area is 87.0 Å². The van der Waals surface area contributed by atoms with Crippen LogP contribution in [0.25, 0.3) is 0 Å². The molecule has 0 amide bonds. The fraction of sp³-hybridized carbons (Fsp3) is 1.00. The molecule has 0 aliphatic heterocycles. The SMILES string of the molecule is CCC(CC)(CCl)NC(C)COC. The Balaban J connectivity index is 4.07. The lowest BCUT2D eigenvalue weighted by atomic mass is 9.94. The smallest absolute Gasteiger partial charge is 0.0613 e. The van der Waals surface area contributed by atoms with Crippen LogP contribution < -0.4 is 5.32 Å². The number of halogens is 1. The summed E-state index contributed by atoms with van der Waals surface area (Å²) in [6.45, 7) is 7.19. The first-order valence-electron chi connectivity index (χ1n) is 4.96. The van der Waals surface area contributed by atoms with E-state index in [0.717, 1.165) is 19.4 Å². The van der Waals surface area contributed by atoms with Crippen LogP contribution in [0.4, 0.5) is 0 Å². The molecule has 1 unspecified atom stereocenters. The lowest BCUT2D eigenvalue weighted by molar-refractivity contribution is 0.152. The van der Waals surface area contributed by atoms with E-state index in [1.165, 1.54) is 0 Å². The fourth-order valence-corrected chi connectivity index (χ4v) is 1.95. The Bertz CT molecular complexity index is 118. The van der Waals surface area contributed by atoms with Crippen molar-refractivity contribution < 1.29 is 4.74 Å². The second-order valence-electron chi connectivity index (χ2n) is 3.62. The molecule has 1 N–H and O–H groups in total. The number of methoxy groups -OCH3 is 1. The largest absolute Gasteiger partial charge is 0.383 e. The summed E-state index contributed by atoms with van der Waals surface area (Å²) in [7, 11) is 1.72. The zero-order valence-corrected chi connectivity index (χ0v) is 9.95. The Morgan fingerprint density at radius 1 is 1.38 bits per heavy atom. The molecule has 0 saturated heterocycles. The van der Waals surface area contributed by atoms with E-state index >= 15 is 0 Å². The average molecular weight is 208 g/mol. The molecule has 0 aliphatic carbocycles. The zero-order valence-electron chi connectivity index (χ0n) is 9.19. The lowest BCUT2D eigenvalue weighted by Crippen LogP contribution is -2.51. The molecule has 0 heterocycles. The van der Waals surface area contributed by atoms with Crippen molar-refractivity contribution in [3.05, 3.63) is 0 Å². The van der Waals surface area contributed by atoms with Crippen molar-refractivity contribution in [2.45, 2.75) is 45.2 Å². The van der Waals surface area contributed by atoms with Crippen LogP contribution in [-0.2, 0) is 4.74 Å². The number of nitrogens with one attached hydrogen (secondary N) is 1. The van der Waals surface area contributed by atoms with Crippen molar-refractivity contribution in [3.63, 3.8) is 0 Å². The van der Waals surface area contributed by atoms with Crippen LogP contribution in [0.5, 0.6) is 0 Å². The Morgan fingerprint density at radius 3 is 2.23 bits per heavy atom. The number of alkyl halides is 1. The van der Waals surface area contributed by atoms with E-state index in [-0.39, 0.29) is 5.54 Å². The molecule has 0 saturated carbocycles. The van der Waals surface area contributed by atoms with Gasteiger partial charge in [-0.05, 0) is 19.8 Å². The van der Waals surface area contributed by atoms with Crippen LogP contribution in [0.1, 0.15) is 33.6 Å². The highest BCUT2D eigenvalue weighted by atomic mass is 35.5. The molecular formula is C10H22ClNO. The molecule has 3 heteroatoms. The molecule has 0 aromatic carbocycles. The molecule has 80 valence electrons. The number of hydrogen-bond donors (Lipinski definition) is 1. The summed E-state index contributed by atoms with van der Waals surface area (Å²) in [5, 5.41) is 3.52. The Kier molecular flexibility index (Phi) is 6.74. The zero-order chi connectivity index (χ0) is 10.3. The second kappa shape index (κ2) is 6.63. The standard InChI is InChI=1S/C10H22ClNO/c1-5-10(6-2,8-11)12-9(3)7-13-4/h9,12H,5-8H2,1-4H3. The third-order valence-electron chi connectivity index (χ3n) is 2.58. The number of rotatable bonds is 7. The van der Waals surface area contributed by atoms with Crippen molar-refractivity contribution in [2.75, 3.05) is 19.6 Å². The fourth-order valence-electron chi connectivity index (χ4n) is 1.50. The van der Waals surface area contributed by atoms with Crippen molar-refractivity contribution in [1.82, 2.24) is 5.32 Å². The van der Waals surface area contributed by atoms with Gasteiger partial charge < -0.3 is 10.1 Å². The van der Waals surface area contributed by atoms with Gasteiger partial charge in [0, 0.05) is 24.6 Å². The highest BCUT2D eigenvalue weighted by Crippen LogP contribution is 2.17. The van der Waals surface area contributed by atoms with Gasteiger partial charge in [0.1, 0.15) is 0 Å². The molecule has 0 aromatic rings. The maximum Gasteiger partial charge on any atom is 0.0613 e. The lowest BCUT2D eigenvalue weighted by Gasteiger charge is -2.34. The molecule has 0 fully saturated rings. The maximum absolute atomic E-state index is 5.97. The highest BCUT2D eigenvalue weighted by Gasteiger charge is 2.26. The van der Waals surface area contributed by atoms with Gasteiger partial charge in [0.25, 0.3) is 0 Å². The molecule has 0 rings (SSSR count). The van der Waals surface area contributed by atoms with Gasteiger partial charge in [0.2, 0.25) is 0 Å². The summed E-state index contributed by atoms with van der Waals surface area (Å²) in [6, 6.07) is 0.364. The van der Waals surface area contributed by atoms with Gasteiger partial charge in [0.15, 0.2) is 0 Å². The molecule has 13 heavy (non-hydrogen) atoms. The van der Waals surface area contributed by atoms with Crippen LogP contribution in [0.2, 0.25) is 0 Å². The summed E-state index contributed by atoms with van der Waals surface area (Å²) in [5.41, 5.74) is 0.0828. The minimum atomic E-state index is 0.0828. The monoisotopic (exact) mass is 207 g/mol. The van der Waals surface area contributed by atoms with E-state index in [0.29, 0.717) is 11.9 Å². The minimum absolute atomic E-state index is 0.0828. The molecule has 0 radical (unpaired) electrons. The van der Waals surface area contributed by atoms with E-state index in [2.05, 4.69) is 26.1 Å². The van der Waals surface area contributed by atoms with Crippen molar-refractivity contribution >= 4 is 11.6 Å². The molecule has 1 atom stereocenters. The predicted molar refractivity (Wildman–Crippen MR) is 58.5 cm³/mol. The highest BCUT2D eigenvalue weighted by molar-refractivity contribution is 6.18. The third-order valence-corrected chi connectivity index (χ3v) is 3.09. The normalized spacial score (nSPS) is 14.5. The van der Waals surface area contributed by atoms with E-state index in [4.69, 9.17) is 16.3 Å². The van der Waals surface area contributed by atoms with Crippen molar-refractivity contribution in [2.24, 2.45) is 0 Å².